The zero-order chi connectivity index (χ0) is 5.98. The summed E-state index contributed by atoms with van der Waals surface area (Å²) in [6, 6.07) is 0. The molecule has 0 spiro atoms. The van der Waals surface area contributed by atoms with Gasteiger partial charge in [0.15, 0.2) is 0 Å². The van der Waals surface area contributed by atoms with E-state index >= 15 is 0 Å². The number of hydrogen-bond donors (Lipinski definition) is 0. The molecule has 0 aliphatic heterocycles. The number of halogens is 2. The van der Waals surface area contributed by atoms with Gasteiger partial charge in [0.1, 0.15) is 5.82 Å². The maximum absolute atomic E-state index is 12.3. The van der Waals surface area contributed by atoms with Gasteiger partial charge < -0.3 is 0 Å². The molecule has 0 radical (unpaired) electrons. The van der Waals surface area contributed by atoms with Crippen LogP contribution in [0.1, 0.15) is 5.56 Å². The Balaban J connectivity index is 2.92. The molecule has 0 bridgehead atoms. The Morgan fingerprint density at radius 1 is 1.62 bits per heavy atom. The predicted molar refractivity (Wildman–Crippen MR) is 36.9 cm³/mol. The monoisotopic (exact) mass is 194 g/mol. The van der Waals surface area contributed by atoms with Gasteiger partial charge in [-0.3, -0.25) is 0 Å². The average molecular weight is 195 g/mol. The van der Waals surface area contributed by atoms with Crippen LogP contribution in [0.25, 0.3) is 0 Å². The second-order valence-electron chi connectivity index (χ2n) is 1.38. The van der Waals surface area contributed by atoms with E-state index in [-0.39, 0.29) is 5.82 Å². The molecular weight excluding hydrogens is 191 g/mol. The van der Waals surface area contributed by atoms with Crippen molar-refractivity contribution in [3.63, 3.8) is 0 Å². The summed E-state index contributed by atoms with van der Waals surface area (Å²) < 4.78 is 12.3. The van der Waals surface area contributed by atoms with Crippen LogP contribution in [-0.2, 0) is 5.33 Å². The van der Waals surface area contributed by atoms with Crippen molar-refractivity contribution in [2.75, 3.05) is 0 Å². The summed E-state index contributed by atoms with van der Waals surface area (Å²) in [6.07, 6.45) is 0. The first kappa shape index (κ1) is 6.23. The van der Waals surface area contributed by atoms with Crippen LogP contribution >= 0.6 is 27.3 Å². The normalized spacial score (nSPS) is 9.75. The highest BCUT2D eigenvalue weighted by Gasteiger charge is 1.97. The smallest absolute Gasteiger partial charge is 0.137 e. The third-order valence-electron chi connectivity index (χ3n) is 0.833. The average Bonchev–Trinajstić information content (AvgIpc) is 2.14. The summed E-state index contributed by atoms with van der Waals surface area (Å²) in [4.78, 5) is 0. The molecule has 0 aliphatic rings. The SMILES string of the molecule is Fc1cscc1CBr. The van der Waals surface area contributed by atoms with Gasteiger partial charge in [-0.25, -0.2) is 4.39 Å². The molecular formula is C5H4BrFS. The minimum Gasteiger partial charge on any atom is -0.206 e. The third kappa shape index (κ3) is 1.09. The highest BCUT2D eigenvalue weighted by atomic mass is 79.9. The number of thiophene rings is 1. The maximum Gasteiger partial charge on any atom is 0.137 e. The number of alkyl halides is 1. The highest BCUT2D eigenvalue weighted by molar-refractivity contribution is 9.08. The molecule has 44 valence electrons. The molecule has 0 atom stereocenters. The summed E-state index contributed by atoms with van der Waals surface area (Å²) in [5.41, 5.74) is 0.745. The molecule has 0 aliphatic carbocycles. The minimum absolute atomic E-state index is 0.105. The van der Waals surface area contributed by atoms with Crippen LogP contribution in [0, 0.1) is 5.82 Å². The Labute approximate surface area is 59.5 Å². The second-order valence-corrected chi connectivity index (χ2v) is 2.68. The summed E-state index contributed by atoms with van der Waals surface area (Å²) in [6.45, 7) is 0. The van der Waals surface area contributed by atoms with E-state index in [0.717, 1.165) is 5.56 Å². The fraction of sp³-hybridized carbons (Fsp3) is 0.200. The van der Waals surface area contributed by atoms with E-state index in [9.17, 15) is 4.39 Å². The lowest BCUT2D eigenvalue weighted by Gasteiger charge is -1.82. The molecule has 0 saturated carbocycles. The lowest BCUT2D eigenvalue weighted by Crippen LogP contribution is -1.73. The van der Waals surface area contributed by atoms with E-state index in [1.807, 2.05) is 0 Å². The van der Waals surface area contributed by atoms with Crippen LogP contribution in [0.5, 0.6) is 0 Å². The molecule has 3 heteroatoms. The predicted octanol–water partition coefficient (Wildman–Crippen LogP) is 2.78. The fourth-order valence-corrected chi connectivity index (χ4v) is 1.75. The van der Waals surface area contributed by atoms with Crippen molar-refractivity contribution in [3.8, 4) is 0 Å². The first-order valence-electron chi connectivity index (χ1n) is 2.11. The number of hydrogen-bond acceptors (Lipinski definition) is 1. The highest BCUT2D eigenvalue weighted by Crippen LogP contribution is 2.14. The van der Waals surface area contributed by atoms with E-state index in [1.54, 1.807) is 5.38 Å². The fourth-order valence-electron chi connectivity index (χ4n) is 0.403. The Kier molecular flexibility index (Phi) is 2.02. The molecule has 0 amide bonds. The van der Waals surface area contributed by atoms with Crippen molar-refractivity contribution < 1.29 is 4.39 Å². The zero-order valence-electron chi connectivity index (χ0n) is 4.03. The van der Waals surface area contributed by atoms with E-state index in [2.05, 4.69) is 15.9 Å². The molecule has 1 rings (SSSR count). The molecule has 0 aromatic carbocycles. The van der Waals surface area contributed by atoms with Crippen molar-refractivity contribution in [2.24, 2.45) is 0 Å². The van der Waals surface area contributed by atoms with Gasteiger partial charge >= 0.3 is 0 Å². The summed E-state index contributed by atoms with van der Waals surface area (Å²) >= 11 is 4.54. The van der Waals surface area contributed by atoms with Crippen molar-refractivity contribution in [1.29, 1.82) is 0 Å². The molecule has 1 aromatic heterocycles. The largest absolute Gasteiger partial charge is 0.206 e. The van der Waals surface area contributed by atoms with Gasteiger partial charge in [-0.1, -0.05) is 15.9 Å². The standard InChI is InChI=1S/C5H4BrFS/c6-1-4-2-8-3-5(4)7/h2-3H,1H2. The van der Waals surface area contributed by atoms with Crippen molar-refractivity contribution in [2.45, 2.75) is 5.33 Å². The molecule has 0 saturated heterocycles. The summed E-state index contributed by atoms with van der Waals surface area (Å²) in [7, 11) is 0. The lowest BCUT2D eigenvalue weighted by atomic mass is 10.4. The molecule has 8 heavy (non-hydrogen) atoms. The molecule has 0 fully saturated rings. The molecule has 1 aromatic rings. The van der Waals surface area contributed by atoms with Crippen LogP contribution in [0.4, 0.5) is 4.39 Å². The lowest BCUT2D eigenvalue weighted by molar-refractivity contribution is 0.624. The molecule has 1 heterocycles. The Morgan fingerprint density at radius 3 is 2.62 bits per heavy atom. The minimum atomic E-state index is -0.105. The van der Waals surface area contributed by atoms with Crippen LogP contribution in [0.15, 0.2) is 10.8 Å². The van der Waals surface area contributed by atoms with E-state index < -0.39 is 0 Å². The Bertz CT molecular complexity index is 173. The van der Waals surface area contributed by atoms with Gasteiger partial charge in [-0.15, -0.1) is 11.3 Å². The third-order valence-corrected chi connectivity index (χ3v) is 2.20. The van der Waals surface area contributed by atoms with Crippen LogP contribution in [0.2, 0.25) is 0 Å². The van der Waals surface area contributed by atoms with Gasteiger partial charge in [0.25, 0.3) is 0 Å². The first-order chi connectivity index (χ1) is 3.84. The van der Waals surface area contributed by atoms with E-state index in [4.69, 9.17) is 0 Å². The van der Waals surface area contributed by atoms with Gasteiger partial charge in [-0.05, 0) is 5.38 Å². The second kappa shape index (κ2) is 2.60. The van der Waals surface area contributed by atoms with Crippen molar-refractivity contribution in [3.05, 3.63) is 22.1 Å². The molecule has 0 unspecified atom stereocenters. The van der Waals surface area contributed by atoms with Gasteiger partial charge in [0.2, 0.25) is 0 Å². The van der Waals surface area contributed by atoms with Gasteiger partial charge in [-0.2, -0.15) is 0 Å². The molecule has 0 nitrogen and oxygen atoms in total. The van der Waals surface area contributed by atoms with Crippen molar-refractivity contribution in [1.82, 2.24) is 0 Å². The first-order valence-corrected chi connectivity index (χ1v) is 4.17. The summed E-state index contributed by atoms with van der Waals surface area (Å²) in [5.74, 6) is -0.105. The van der Waals surface area contributed by atoms with Gasteiger partial charge in [0.05, 0.1) is 0 Å². The molecule has 0 N–H and O–H groups in total. The van der Waals surface area contributed by atoms with Crippen molar-refractivity contribution >= 4 is 27.3 Å². The van der Waals surface area contributed by atoms with E-state index in [0.29, 0.717) is 5.33 Å². The Hall–Kier alpha value is 0.110. The van der Waals surface area contributed by atoms with Crippen LogP contribution in [0.3, 0.4) is 0 Å². The number of rotatable bonds is 1. The summed E-state index contributed by atoms with van der Waals surface area (Å²) in [5, 5.41) is 3.91. The van der Waals surface area contributed by atoms with Crippen LogP contribution < -0.4 is 0 Å². The van der Waals surface area contributed by atoms with Gasteiger partial charge in [0, 0.05) is 16.3 Å². The maximum atomic E-state index is 12.3. The quantitative estimate of drug-likeness (QED) is 0.604. The van der Waals surface area contributed by atoms with E-state index in [1.165, 1.54) is 16.7 Å². The topological polar surface area (TPSA) is 0 Å². The van der Waals surface area contributed by atoms with Crippen LogP contribution in [-0.4, -0.2) is 0 Å². The Morgan fingerprint density at radius 2 is 2.38 bits per heavy atom. The zero-order valence-corrected chi connectivity index (χ0v) is 6.43.